The summed E-state index contributed by atoms with van der Waals surface area (Å²) in [6, 6.07) is 1.82. The van der Waals surface area contributed by atoms with Crippen LogP contribution in [0.1, 0.15) is 37.1 Å². The van der Waals surface area contributed by atoms with E-state index < -0.39 is 10.0 Å². The van der Waals surface area contributed by atoms with Crippen molar-refractivity contribution in [3.63, 3.8) is 0 Å². The Balaban J connectivity index is 2.18. The van der Waals surface area contributed by atoms with Gasteiger partial charge in [0.05, 0.1) is 0 Å². The molecular formula is C14H24N2O2S2. The first-order valence-electron chi connectivity index (χ1n) is 7.29. The van der Waals surface area contributed by atoms with Gasteiger partial charge in [0.15, 0.2) is 0 Å². The van der Waals surface area contributed by atoms with Crippen LogP contribution in [0.3, 0.4) is 0 Å². The second-order valence-electron chi connectivity index (χ2n) is 5.35. The van der Waals surface area contributed by atoms with E-state index in [1.165, 1.54) is 24.2 Å². The van der Waals surface area contributed by atoms with Gasteiger partial charge in [-0.15, -0.1) is 11.3 Å². The Bertz CT molecular complexity index is 548. The molecule has 0 aliphatic heterocycles. The normalized spacial score (nSPS) is 16.0. The second-order valence-corrected chi connectivity index (χ2v) is 8.65. The molecule has 1 aliphatic carbocycles. The number of aryl methyl sites for hydroxylation is 1. The van der Waals surface area contributed by atoms with E-state index in [4.69, 9.17) is 0 Å². The molecule has 6 heteroatoms. The van der Waals surface area contributed by atoms with Crippen LogP contribution in [-0.4, -0.2) is 32.4 Å². The standard InChI is InChI=1S/C14H24N2O2S2/c1-4-15-9-13-11(3)8-14(19-13)20(17,18)16(5-2)10-12-6-7-12/h8,12,15H,4-7,9-10H2,1-3H3. The molecule has 20 heavy (non-hydrogen) atoms. The molecule has 1 aliphatic rings. The van der Waals surface area contributed by atoms with E-state index in [1.54, 1.807) is 4.31 Å². The molecule has 0 aromatic carbocycles. The SMILES string of the molecule is CCNCc1sc(S(=O)(=O)N(CC)CC2CC2)cc1C. The van der Waals surface area contributed by atoms with Crippen LogP contribution in [0, 0.1) is 12.8 Å². The van der Waals surface area contributed by atoms with Crippen LogP contribution in [0.15, 0.2) is 10.3 Å². The van der Waals surface area contributed by atoms with Gasteiger partial charge in [-0.05, 0) is 43.9 Å². The first-order chi connectivity index (χ1) is 9.48. The van der Waals surface area contributed by atoms with E-state index >= 15 is 0 Å². The summed E-state index contributed by atoms with van der Waals surface area (Å²) in [5, 5.41) is 3.26. The highest BCUT2D eigenvalue weighted by atomic mass is 32.2. The van der Waals surface area contributed by atoms with Gasteiger partial charge in [-0.25, -0.2) is 8.42 Å². The monoisotopic (exact) mass is 316 g/mol. The van der Waals surface area contributed by atoms with Gasteiger partial charge in [-0.2, -0.15) is 4.31 Å². The third kappa shape index (κ3) is 3.61. The molecule has 2 rings (SSSR count). The van der Waals surface area contributed by atoms with Crippen LogP contribution in [0.4, 0.5) is 0 Å². The van der Waals surface area contributed by atoms with Crippen molar-refractivity contribution < 1.29 is 8.42 Å². The molecular weight excluding hydrogens is 292 g/mol. The minimum Gasteiger partial charge on any atom is -0.312 e. The van der Waals surface area contributed by atoms with Crippen molar-refractivity contribution in [1.29, 1.82) is 0 Å². The Morgan fingerprint density at radius 2 is 2.10 bits per heavy atom. The van der Waals surface area contributed by atoms with E-state index in [1.807, 2.05) is 19.9 Å². The Morgan fingerprint density at radius 3 is 2.65 bits per heavy atom. The van der Waals surface area contributed by atoms with Crippen molar-refractivity contribution in [3.05, 3.63) is 16.5 Å². The molecule has 1 aromatic rings. The van der Waals surface area contributed by atoms with Gasteiger partial charge in [-0.3, -0.25) is 0 Å². The lowest BCUT2D eigenvalue weighted by Gasteiger charge is -2.19. The molecule has 1 saturated carbocycles. The zero-order chi connectivity index (χ0) is 14.8. The van der Waals surface area contributed by atoms with Gasteiger partial charge < -0.3 is 5.32 Å². The third-order valence-corrected chi connectivity index (χ3v) is 7.27. The lowest BCUT2D eigenvalue weighted by atomic mass is 10.3. The van der Waals surface area contributed by atoms with Gasteiger partial charge in [0.1, 0.15) is 4.21 Å². The van der Waals surface area contributed by atoms with Gasteiger partial charge in [0.2, 0.25) is 0 Å². The molecule has 0 atom stereocenters. The summed E-state index contributed by atoms with van der Waals surface area (Å²) in [7, 11) is -3.31. The van der Waals surface area contributed by atoms with Crippen LogP contribution in [0.2, 0.25) is 0 Å². The second kappa shape index (κ2) is 6.56. The smallest absolute Gasteiger partial charge is 0.252 e. The van der Waals surface area contributed by atoms with E-state index in [0.717, 1.165) is 23.5 Å². The largest absolute Gasteiger partial charge is 0.312 e. The number of hydrogen-bond acceptors (Lipinski definition) is 4. The van der Waals surface area contributed by atoms with Gasteiger partial charge in [0.25, 0.3) is 10.0 Å². The lowest BCUT2D eigenvalue weighted by Crippen LogP contribution is -2.32. The van der Waals surface area contributed by atoms with Gasteiger partial charge in [-0.1, -0.05) is 13.8 Å². The molecule has 0 unspecified atom stereocenters. The Labute approximate surface area is 126 Å². The Kier molecular flexibility index (Phi) is 5.23. The van der Waals surface area contributed by atoms with E-state index in [-0.39, 0.29) is 0 Å². The third-order valence-electron chi connectivity index (χ3n) is 3.64. The zero-order valence-corrected chi connectivity index (χ0v) is 14.1. The van der Waals surface area contributed by atoms with Crippen LogP contribution in [0.5, 0.6) is 0 Å². The summed E-state index contributed by atoms with van der Waals surface area (Å²) >= 11 is 1.41. The highest BCUT2D eigenvalue weighted by molar-refractivity contribution is 7.91. The molecule has 1 heterocycles. The van der Waals surface area contributed by atoms with Crippen LogP contribution >= 0.6 is 11.3 Å². The topological polar surface area (TPSA) is 49.4 Å². The minimum atomic E-state index is -3.31. The van der Waals surface area contributed by atoms with Crippen molar-refractivity contribution in [2.45, 2.75) is 44.4 Å². The number of nitrogens with one attached hydrogen (secondary N) is 1. The van der Waals surface area contributed by atoms with Gasteiger partial charge in [0, 0.05) is 24.5 Å². The number of hydrogen-bond donors (Lipinski definition) is 1. The first-order valence-corrected chi connectivity index (χ1v) is 9.54. The maximum atomic E-state index is 12.7. The van der Waals surface area contributed by atoms with Crippen molar-refractivity contribution in [2.24, 2.45) is 5.92 Å². The quantitative estimate of drug-likeness (QED) is 0.802. The number of rotatable bonds is 8. The molecule has 4 nitrogen and oxygen atoms in total. The maximum absolute atomic E-state index is 12.7. The van der Waals surface area contributed by atoms with Gasteiger partial charge >= 0.3 is 0 Å². The summed E-state index contributed by atoms with van der Waals surface area (Å²) in [4.78, 5) is 1.12. The fourth-order valence-electron chi connectivity index (χ4n) is 2.14. The maximum Gasteiger partial charge on any atom is 0.252 e. The lowest BCUT2D eigenvalue weighted by molar-refractivity contribution is 0.413. The van der Waals surface area contributed by atoms with Crippen LogP contribution in [0.25, 0.3) is 0 Å². The molecule has 1 N–H and O–H groups in total. The van der Waals surface area contributed by atoms with E-state index in [2.05, 4.69) is 12.2 Å². The van der Waals surface area contributed by atoms with Crippen LogP contribution < -0.4 is 5.32 Å². The highest BCUT2D eigenvalue weighted by Crippen LogP contribution is 2.33. The predicted molar refractivity (Wildman–Crippen MR) is 83.6 cm³/mol. The summed E-state index contributed by atoms with van der Waals surface area (Å²) in [6.07, 6.45) is 2.34. The minimum absolute atomic E-state index is 0.491. The molecule has 0 radical (unpaired) electrons. The number of nitrogens with zero attached hydrogens (tertiary/aromatic N) is 1. The average Bonchev–Trinajstić information content (AvgIpc) is 3.15. The molecule has 1 fully saturated rings. The highest BCUT2D eigenvalue weighted by Gasteiger charge is 2.31. The summed E-state index contributed by atoms with van der Waals surface area (Å²) in [6.45, 7) is 8.82. The van der Waals surface area contributed by atoms with Crippen molar-refractivity contribution in [2.75, 3.05) is 19.6 Å². The summed E-state index contributed by atoms with van der Waals surface area (Å²) in [5.74, 6) is 0.576. The Hall–Kier alpha value is -0.430. The number of sulfonamides is 1. The molecule has 0 amide bonds. The summed E-state index contributed by atoms with van der Waals surface area (Å²) < 4.78 is 27.5. The van der Waals surface area contributed by atoms with E-state index in [9.17, 15) is 8.42 Å². The first kappa shape index (κ1) is 15.9. The molecule has 0 bridgehead atoms. The fraction of sp³-hybridized carbons (Fsp3) is 0.714. The van der Waals surface area contributed by atoms with Crippen molar-refractivity contribution in [3.8, 4) is 0 Å². The average molecular weight is 316 g/mol. The summed E-state index contributed by atoms with van der Waals surface area (Å²) in [5.41, 5.74) is 1.07. The molecule has 114 valence electrons. The fourth-order valence-corrected chi connectivity index (χ4v) is 5.38. The van der Waals surface area contributed by atoms with Crippen LogP contribution in [-0.2, 0) is 16.6 Å². The predicted octanol–water partition coefficient (Wildman–Crippen LogP) is 2.59. The molecule has 1 aromatic heterocycles. The molecule has 0 saturated heterocycles. The Morgan fingerprint density at radius 1 is 1.40 bits per heavy atom. The molecule has 0 spiro atoms. The van der Waals surface area contributed by atoms with Crippen molar-refractivity contribution in [1.82, 2.24) is 9.62 Å². The zero-order valence-electron chi connectivity index (χ0n) is 12.5. The van der Waals surface area contributed by atoms with Crippen molar-refractivity contribution >= 4 is 21.4 Å². The number of thiophene rings is 1. The van der Waals surface area contributed by atoms with E-state index in [0.29, 0.717) is 23.2 Å².